The van der Waals surface area contributed by atoms with Crippen LogP contribution in [0, 0.1) is 0 Å². The van der Waals surface area contributed by atoms with Gasteiger partial charge in [-0.2, -0.15) is 0 Å². The highest BCUT2D eigenvalue weighted by molar-refractivity contribution is 6.74. The van der Waals surface area contributed by atoms with Gasteiger partial charge in [-0.05, 0) is 60.8 Å². The van der Waals surface area contributed by atoms with E-state index in [1.165, 1.54) is 17.0 Å². The predicted octanol–water partition coefficient (Wildman–Crippen LogP) is 5.72. The zero-order valence-electron chi connectivity index (χ0n) is 22.2. The van der Waals surface area contributed by atoms with Gasteiger partial charge in [0, 0.05) is 23.1 Å². The SMILES string of the molecule is C[C@H](Cc1cccc(C=O)c1)N(C[C@@H](O[Si](C)(C)C(C)(C)C)c1ccc(O)c2[nH]c(=O)ccc12)C(=O)O. The molecule has 0 fully saturated rings. The molecular weight excluding hydrogens is 488 g/mol. The van der Waals surface area contributed by atoms with Crippen molar-refractivity contribution in [2.45, 2.75) is 64.4 Å². The number of aromatic hydroxyl groups is 1. The van der Waals surface area contributed by atoms with Crippen LogP contribution in [0.3, 0.4) is 0 Å². The summed E-state index contributed by atoms with van der Waals surface area (Å²) in [4.78, 5) is 39.7. The van der Waals surface area contributed by atoms with Gasteiger partial charge in [0.05, 0.1) is 18.2 Å². The lowest BCUT2D eigenvalue weighted by atomic mass is 10.0. The van der Waals surface area contributed by atoms with Crippen LogP contribution in [-0.4, -0.2) is 53.4 Å². The molecule has 1 heterocycles. The van der Waals surface area contributed by atoms with Crippen molar-refractivity contribution in [3.63, 3.8) is 0 Å². The lowest BCUT2D eigenvalue weighted by molar-refractivity contribution is 0.0847. The molecule has 2 aromatic carbocycles. The van der Waals surface area contributed by atoms with Crippen molar-refractivity contribution in [1.29, 1.82) is 0 Å². The first kappa shape index (κ1) is 28.1. The number of H-pyrrole nitrogens is 1. The Morgan fingerprint density at radius 1 is 1.16 bits per heavy atom. The summed E-state index contributed by atoms with van der Waals surface area (Å²) in [6, 6.07) is 12.9. The molecule has 0 aliphatic heterocycles. The number of hydrogen-bond acceptors (Lipinski definition) is 5. The molecule has 9 heteroatoms. The minimum Gasteiger partial charge on any atom is -0.506 e. The molecule has 1 aromatic heterocycles. The number of aldehydes is 1. The lowest BCUT2D eigenvalue weighted by Gasteiger charge is -2.41. The van der Waals surface area contributed by atoms with Gasteiger partial charge in [-0.25, -0.2) is 4.79 Å². The van der Waals surface area contributed by atoms with Crippen LogP contribution in [0.2, 0.25) is 18.1 Å². The van der Waals surface area contributed by atoms with Gasteiger partial charge >= 0.3 is 6.09 Å². The molecule has 0 spiro atoms. The van der Waals surface area contributed by atoms with Crippen LogP contribution in [0.5, 0.6) is 5.75 Å². The number of amides is 1. The molecule has 198 valence electrons. The van der Waals surface area contributed by atoms with Crippen molar-refractivity contribution in [3.8, 4) is 5.75 Å². The second kappa shape index (κ2) is 10.9. The number of nitrogens with zero attached hydrogens (tertiary/aromatic N) is 1. The third-order valence-electron chi connectivity index (χ3n) is 7.26. The summed E-state index contributed by atoms with van der Waals surface area (Å²) in [6.07, 6.45) is -0.536. The Balaban J connectivity index is 2.06. The van der Waals surface area contributed by atoms with Crippen LogP contribution in [0.15, 0.2) is 53.3 Å². The van der Waals surface area contributed by atoms with Crippen molar-refractivity contribution in [2.75, 3.05) is 6.54 Å². The number of pyridine rings is 1. The topological polar surface area (TPSA) is 120 Å². The van der Waals surface area contributed by atoms with Gasteiger partial charge in [0.25, 0.3) is 0 Å². The van der Waals surface area contributed by atoms with Gasteiger partial charge in [0.2, 0.25) is 5.56 Å². The van der Waals surface area contributed by atoms with Gasteiger partial charge in [-0.15, -0.1) is 0 Å². The standard InChI is InChI=1S/C28H36N2O6Si/c1-18(14-19-8-7-9-20(15-19)17-31)30(27(34)35)16-24(36-37(5,6)28(2,3)4)21-10-12-23(32)26-22(21)11-13-25(33)29-26/h7-13,15,17-18,24,32H,14,16H2,1-6H3,(H,29,33)(H,34,35)/t18-,24-/m1/s1. The Labute approximate surface area is 218 Å². The zero-order chi connectivity index (χ0) is 27.5. The van der Waals surface area contributed by atoms with E-state index in [0.29, 0.717) is 22.9 Å². The maximum absolute atomic E-state index is 12.5. The van der Waals surface area contributed by atoms with E-state index in [-0.39, 0.29) is 28.4 Å². The van der Waals surface area contributed by atoms with Crippen molar-refractivity contribution in [1.82, 2.24) is 9.88 Å². The monoisotopic (exact) mass is 524 g/mol. The Morgan fingerprint density at radius 3 is 2.49 bits per heavy atom. The smallest absolute Gasteiger partial charge is 0.407 e. The van der Waals surface area contributed by atoms with Gasteiger partial charge in [0.1, 0.15) is 12.0 Å². The molecule has 1 amide bonds. The van der Waals surface area contributed by atoms with E-state index in [0.717, 1.165) is 11.8 Å². The Morgan fingerprint density at radius 2 is 1.86 bits per heavy atom. The fourth-order valence-corrected chi connectivity index (χ4v) is 5.41. The molecule has 37 heavy (non-hydrogen) atoms. The summed E-state index contributed by atoms with van der Waals surface area (Å²) >= 11 is 0. The third kappa shape index (κ3) is 6.47. The van der Waals surface area contributed by atoms with Crippen LogP contribution >= 0.6 is 0 Å². The average Bonchev–Trinajstić information content (AvgIpc) is 2.81. The minimum atomic E-state index is -2.38. The second-order valence-electron chi connectivity index (χ2n) is 11.0. The van der Waals surface area contributed by atoms with Crippen molar-refractivity contribution < 1.29 is 24.2 Å². The molecule has 3 aromatic rings. The van der Waals surface area contributed by atoms with E-state index in [2.05, 4.69) is 38.8 Å². The number of carbonyl (C=O) groups excluding carboxylic acids is 1. The van der Waals surface area contributed by atoms with Gasteiger partial charge in [-0.3, -0.25) is 9.59 Å². The van der Waals surface area contributed by atoms with Gasteiger partial charge in [-0.1, -0.05) is 45.0 Å². The number of fused-ring (bicyclic) bond motifs is 1. The molecule has 0 aliphatic rings. The van der Waals surface area contributed by atoms with Crippen molar-refractivity contribution in [2.24, 2.45) is 0 Å². The molecule has 3 rings (SSSR count). The first-order valence-corrected chi connectivity index (χ1v) is 15.2. The van der Waals surface area contributed by atoms with E-state index < -0.39 is 26.6 Å². The first-order valence-electron chi connectivity index (χ1n) is 12.3. The van der Waals surface area contributed by atoms with Crippen LogP contribution in [0.4, 0.5) is 4.79 Å². The second-order valence-corrected chi connectivity index (χ2v) is 15.8. The van der Waals surface area contributed by atoms with E-state index in [4.69, 9.17) is 4.43 Å². The highest BCUT2D eigenvalue weighted by Crippen LogP contribution is 2.41. The molecule has 0 radical (unpaired) electrons. The lowest BCUT2D eigenvalue weighted by Crippen LogP contribution is -2.47. The molecule has 3 N–H and O–H groups in total. The summed E-state index contributed by atoms with van der Waals surface area (Å²) in [5.74, 6) is -0.0685. The molecule has 0 bridgehead atoms. The molecule has 0 unspecified atom stereocenters. The Kier molecular flexibility index (Phi) is 8.29. The summed E-state index contributed by atoms with van der Waals surface area (Å²) < 4.78 is 6.80. The van der Waals surface area contributed by atoms with Crippen LogP contribution in [0.25, 0.3) is 10.9 Å². The van der Waals surface area contributed by atoms with E-state index in [1.54, 1.807) is 30.3 Å². The van der Waals surface area contributed by atoms with Crippen molar-refractivity contribution >= 4 is 31.6 Å². The maximum Gasteiger partial charge on any atom is 0.407 e. The van der Waals surface area contributed by atoms with Gasteiger partial charge < -0.3 is 24.5 Å². The normalized spacial score (nSPS) is 13.8. The molecule has 8 nitrogen and oxygen atoms in total. The highest BCUT2D eigenvalue weighted by atomic mass is 28.4. The molecule has 0 saturated heterocycles. The largest absolute Gasteiger partial charge is 0.506 e. The third-order valence-corrected chi connectivity index (χ3v) is 11.7. The summed E-state index contributed by atoms with van der Waals surface area (Å²) in [6.45, 7) is 12.4. The minimum absolute atomic E-state index is 0.0510. The summed E-state index contributed by atoms with van der Waals surface area (Å²) in [7, 11) is -2.38. The number of aromatic amines is 1. The first-order chi connectivity index (χ1) is 17.2. The number of hydrogen-bond donors (Lipinski definition) is 3. The van der Waals surface area contributed by atoms with E-state index in [1.807, 2.05) is 13.0 Å². The molecule has 0 saturated carbocycles. The van der Waals surface area contributed by atoms with Crippen LogP contribution < -0.4 is 5.56 Å². The zero-order valence-corrected chi connectivity index (χ0v) is 23.2. The summed E-state index contributed by atoms with van der Waals surface area (Å²) in [5, 5.41) is 21.1. The number of benzene rings is 2. The Bertz CT molecular complexity index is 1340. The number of phenols is 1. The highest BCUT2D eigenvalue weighted by Gasteiger charge is 2.41. The number of carboxylic acid groups (broad SMARTS) is 1. The average molecular weight is 525 g/mol. The fraction of sp³-hybridized carbons (Fsp3) is 0.393. The molecular formula is C28H36N2O6Si. The number of rotatable bonds is 9. The Hall–Kier alpha value is -3.43. The number of carbonyl (C=O) groups is 2. The number of phenolic OH excluding ortho intramolecular Hbond substituents is 1. The van der Waals surface area contributed by atoms with E-state index in [9.17, 15) is 24.6 Å². The summed E-state index contributed by atoms with van der Waals surface area (Å²) in [5.41, 5.74) is 2.03. The quantitative estimate of drug-likeness (QED) is 0.243. The molecule has 2 atom stereocenters. The number of aromatic nitrogens is 1. The maximum atomic E-state index is 12.5. The van der Waals surface area contributed by atoms with Crippen molar-refractivity contribution in [3.05, 3.63) is 75.6 Å². The van der Waals surface area contributed by atoms with Crippen LogP contribution in [0.1, 0.15) is 55.3 Å². The molecule has 0 aliphatic carbocycles. The van der Waals surface area contributed by atoms with Gasteiger partial charge in [0.15, 0.2) is 8.32 Å². The van der Waals surface area contributed by atoms with Crippen LogP contribution in [-0.2, 0) is 10.8 Å². The predicted molar refractivity (Wildman–Crippen MR) is 147 cm³/mol. The van der Waals surface area contributed by atoms with E-state index >= 15 is 0 Å². The number of nitrogens with one attached hydrogen (secondary N) is 1. The fourth-order valence-electron chi connectivity index (χ4n) is 4.14.